The second-order valence-electron chi connectivity index (χ2n) is 4.65. The molecule has 0 aliphatic rings. The summed E-state index contributed by atoms with van der Waals surface area (Å²) >= 11 is 2.11. The number of hydrogen-bond acceptors (Lipinski definition) is 2. The van der Waals surface area contributed by atoms with Crippen LogP contribution in [0.3, 0.4) is 0 Å². The number of hydrogen-bond donors (Lipinski definition) is 1. The number of aromatic nitrogens is 2. The fourth-order valence-electron chi connectivity index (χ4n) is 2.22. The zero-order valence-electron chi connectivity index (χ0n) is 10.7. The van der Waals surface area contributed by atoms with E-state index >= 15 is 0 Å². The molecule has 0 spiro atoms. The number of imidazole rings is 1. The number of aryl methyl sites for hydroxylation is 2. The van der Waals surface area contributed by atoms with Crippen molar-refractivity contribution in [2.45, 2.75) is 6.92 Å². The molecule has 4 heteroatoms. The first-order valence-electron chi connectivity index (χ1n) is 5.98. The number of aromatic hydroxyl groups is 1. The molecule has 19 heavy (non-hydrogen) atoms. The summed E-state index contributed by atoms with van der Waals surface area (Å²) in [6, 6.07) is 11.9. The van der Waals surface area contributed by atoms with E-state index in [9.17, 15) is 5.11 Å². The molecule has 0 aliphatic carbocycles. The lowest BCUT2D eigenvalue weighted by Gasteiger charge is -2.04. The predicted octanol–water partition coefficient (Wildman–Crippen LogP) is 3.86. The Morgan fingerprint density at radius 3 is 2.68 bits per heavy atom. The van der Waals surface area contributed by atoms with Gasteiger partial charge in [0.15, 0.2) is 0 Å². The molecule has 0 bridgehead atoms. The molecule has 96 valence electrons. The van der Waals surface area contributed by atoms with Crippen molar-refractivity contribution in [1.29, 1.82) is 0 Å². The molecule has 0 saturated carbocycles. The van der Waals surface area contributed by atoms with Crippen molar-refractivity contribution < 1.29 is 5.11 Å². The van der Waals surface area contributed by atoms with Gasteiger partial charge >= 0.3 is 0 Å². The maximum absolute atomic E-state index is 9.83. The summed E-state index contributed by atoms with van der Waals surface area (Å²) in [5, 5.41) is 9.83. The lowest BCUT2D eigenvalue weighted by Crippen LogP contribution is -1.92. The normalized spacial score (nSPS) is 11.1. The third-order valence-corrected chi connectivity index (χ3v) is 4.15. The van der Waals surface area contributed by atoms with Crippen molar-refractivity contribution in [3.8, 4) is 17.1 Å². The summed E-state index contributed by atoms with van der Waals surface area (Å²) in [4.78, 5) is 4.66. The van der Waals surface area contributed by atoms with Crippen molar-refractivity contribution in [1.82, 2.24) is 9.55 Å². The highest BCUT2D eigenvalue weighted by Crippen LogP contribution is 2.29. The summed E-state index contributed by atoms with van der Waals surface area (Å²) in [6.45, 7) is 2.06. The molecule has 0 fully saturated rings. The van der Waals surface area contributed by atoms with Crippen molar-refractivity contribution in [2.24, 2.45) is 7.05 Å². The fourth-order valence-corrected chi connectivity index (χ4v) is 2.56. The van der Waals surface area contributed by atoms with E-state index in [1.165, 1.54) is 5.56 Å². The average Bonchev–Trinajstić information content (AvgIpc) is 2.70. The quantitative estimate of drug-likeness (QED) is 0.666. The van der Waals surface area contributed by atoms with Crippen LogP contribution in [0.5, 0.6) is 5.75 Å². The first-order valence-corrected chi connectivity index (χ1v) is 7.06. The lowest BCUT2D eigenvalue weighted by atomic mass is 10.2. The van der Waals surface area contributed by atoms with Gasteiger partial charge in [0.2, 0.25) is 0 Å². The van der Waals surface area contributed by atoms with Crippen LogP contribution in [0.15, 0.2) is 36.4 Å². The molecule has 1 heterocycles. The number of phenolic OH excluding ortho intramolecular Hbond substituents is 1. The largest absolute Gasteiger partial charge is 0.507 e. The van der Waals surface area contributed by atoms with Gasteiger partial charge in [0.25, 0.3) is 0 Å². The maximum Gasteiger partial charge on any atom is 0.140 e. The second kappa shape index (κ2) is 4.52. The van der Waals surface area contributed by atoms with Crippen LogP contribution in [0.25, 0.3) is 22.4 Å². The Bertz CT molecular complexity index is 777. The van der Waals surface area contributed by atoms with Crippen LogP contribution in [0.2, 0.25) is 0 Å². The molecule has 1 aromatic heterocycles. The maximum atomic E-state index is 9.83. The zero-order chi connectivity index (χ0) is 13.6. The molecule has 0 amide bonds. The van der Waals surface area contributed by atoms with E-state index in [2.05, 4.69) is 57.3 Å². The molecule has 2 aromatic carbocycles. The predicted molar refractivity (Wildman–Crippen MR) is 85.3 cm³/mol. The summed E-state index contributed by atoms with van der Waals surface area (Å²) in [7, 11) is 2.00. The van der Waals surface area contributed by atoms with E-state index in [0.29, 0.717) is 5.75 Å². The lowest BCUT2D eigenvalue weighted by molar-refractivity contribution is 0.471. The van der Waals surface area contributed by atoms with Crippen LogP contribution in [0, 0.1) is 10.5 Å². The monoisotopic (exact) mass is 364 g/mol. The number of nitrogens with zero attached hydrogens (tertiary/aromatic N) is 2. The molecule has 0 radical (unpaired) electrons. The van der Waals surface area contributed by atoms with Crippen molar-refractivity contribution in [3.63, 3.8) is 0 Å². The Kier molecular flexibility index (Phi) is 2.97. The molecular formula is C15H13IN2O. The van der Waals surface area contributed by atoms with Gasteiger partial charge in [-0.1, -0.05) is 6.07 Å². The van der Waals surface area contributed by atoms with E-state index in [-0.39, 0.29) is 0 Å². The van der Waals surface area contributed by atoms with Crippen LogP contribution >= 0.6 is 22.6 Å². The Morgan fingerprint density at radius 1 is 1.16 bits per heavy atom. The van der Waals surface area contributed by atoms with E-state index in [4.69, 9.17) is 0 Å². The first-order chi connectivity index (χ1) is 9.06. The third-order valence-electron chi connectivity index (χ3n) is 3.24. The molecule has 0 saturated heterocycles. The molecular weight excluding hydrogens is 351 g/mol. The van der Waals surface area contributed by atoms with E-state index in [0.717, 1.165) is 26.0 Å². The smallest absolute Gasteiger partial charge is 0.140 e. The Morgan fingerprint density at radius 2 is 1.95 bits per heavy atom. The highest BCUT2D eigenvalue weighted by Gasteiger charge is 2.11. The standard InChI is InChI=1S/C15H13IN2O/c1-9-3-6-13-12(7-9)17-15(18(13)2)10-4-5-11(16)14(19)8-10/h3-8,19H,1-2H3. The Balaban J connectivity index is 2.24. The summed E-state index contributed by atoms with van der Waals surface area (Å²) in [5.41, 5.74) is 4.20. The summed E-state index contributed by atoms with van der Waals surface area (Å²) in [6.07, 6.45) is 0. The highest BCUT2D eigenvalue weighted by molar-refractivity contribution is 14.1. The molecule has 0 atom stereocenters. The van der Waals surface area contributed by atoms with Gasteiger partial charge in [-0.15, -0.1) is 0 Å². The van der Waals surface area contributed by atoms with Gasteiger partial charge in [-0.3, -0.25) is 0 Å². The van der Waals surface area contributed by atoms with Gasteiger partial charge in [0, 0.05) is 12.6 Å². The number of rotatable bonds is 1. The van der Waals surface area contributed by atoms with Crippen LogP contribution in [0.1, 0.15) is 5.56 Å². The van der Waals surface area contributed by atoms with Gasteiger partial charge in [0.05, 0.1) is 14.6 Å². The minimum absolute atomic E-state index is 0.293. The molecule has 0 unspecified atom stereocenters. The van der Waals surface area contributed by atoms with Gasteiger partial charge < -0.3 is 9.67 Å². The topological polar surface area (TPSA) is 38.1 Å². The first kappa shape index (κ1) is 12.5. The van der Waals surface area contributed by atoms with Crippen LogP contribution < -0.4 is 0 Å². The number of fused-ring (bicyclic) bond motifs is 1. The number of benzene rings is 2. The van der Waals surface area contributed by atoms with E-state index < -0.39 is 0 Å². The van der Waals surface area contributed by atoms with Crippen LogP contribution in [0.4, 0.5) is 0 Å². The Labute approximate surface area is 125 Å². The molecule has 3 aromatic rings. The van der Waals surface area contributed by atoms with Gasteiger partial charge in [0.1, 0.15) is 11.6 Å². The van der Waals surface area contributed by atoms with Gasteiger partial charge in [-0.25, -0.2) is 4.98 Å². The SMILES string of the molecule is Cc1ccc2c(c1)nc(-c1ccc(I)c(O)c1)n2C. The molecule has 3 nitrogen and oxygen atoms in total. The van der Waals surface area contributed by atoms with Gasteiger partial charge in [-0.05, 0) is 65.4 Å². The number of halogens is 1. The van der Waals surface area contributed by atoms with Crippen molar-refractivity contribution >= 4 is 33.6 Å². The second-order valence-corrected chi connectivity index (χ2v) is 5.81. The third kappa shape index (κ3) is 2.10. The number of phenols is 1. The molecule has 0 aliphatic heterocycles. The van der Waals surface area contributed by atoms with Crippen LogP contribution in [-0.4, -0.2) is 14.7 Å². The van der Waals surface area contributed by atoms with Crippen molar-refractivity contribution in [3.05, 3.63) is 45.5 Å². The molecule has 1 N–H and O–H groups in total. The fraction of sp³-hybridized carbons (Fsp3) is 0.133. The summed E-state index contributed by atoms with van der Waals surface area (Å²) < 4.78 is 2.90. The minimum atomic E-state index is 0.293. The highest BCUT2D eigenvalue weighted by atomic mass is 127. The molecule has 3 rings (SSSR count). The van der Waals surface area contributed by atoms with Gasteiger partial charge in [-0.2, -0.15) is 0 Å². The Hall–Kier alpha value is -1.56. The minimum Gasteiger partial charge on any atom is -0.507 e. The van der Waals surface area contributed by atoms with E-state index in [1.807, 2.05) is 19.2 Å². The zero-order valence-corrected chi connectivity index (χ0v) is 12.8. The summed E-state index contributed by atoms with van der Waals surface area (Å²) in [5.74, 6) is 1.16. The van der Waals surface area contributed by atoms with E-state index in [1.54, 1.807) is 6.07 Å². The average molecular weight is 364 g/mol. The van der Waals surface area contributed by atoms with Crippen LogP contribution in [-0.2, 0) is 7.05 Å². The van der Waals surface area contributed by atoms with Crippen molar-refractivity contribution in [2.75, 3.05) is 0 Å².